The Bertz CT molecular complexity index is 1280. The summed E-state index contributed by atoms with van der Waals surface area (Å²) in [7, 11) is 0. The first-order chi connectivity index (χ1) is 18.8. The molecule has 0 aliphatic heterocycles. The second kappa shape index (κ2) is 10.1. The van der Waals surface area contributed by atoms with E-state index in [9.17, 15) is 14.7 Å². The van der Waals surface area contributed by atoms with Gasteiger partial charge in [0.2, 0.25) is 0 Å². The fraction of sp³-hybridized carbons (Fsp3) is 0.639. The van der Waals surface area contributed by atoms with Crippen molar-refractivity contribution >= 4 is 17.8 Å². The summed E-state index contributed by atoms with van der Waals surface area (Å²) in [5, 5.41) is 10.4. The molecule has 0 unspecified atom stereocenters. The number of rotatable bonds is 6. The van der Waals surface area contributed by atoms with Gasteiger partial charge in [-0.3, -0.25) is 14.6 Å². The Kier molecular flexibility index (Phi) is 7.33. The molecular formula is C36H49NO3. The van der Waals surface area contributed by atoms with Crippen LogP contribution in [0.2, 0.25) is 0 Å². The zero-order chi connectivity index (χ0) is 29.1. The van der Waals surface area contributed by atoms with E-state index in [-0.39, 0.29) is 33.9 Å². The maximum Gasteiger partial charge on any atom is 0.306 e. The quantitative estimate of drug-likeness (QED) is 0.287. The molecular weight excluding hydrogens is 494 g/mol. The number of ketones is 1. The van der Waals surface area contributed by atoms with Gasteiger partial charge in [0.25, 0.3) is 0 Å². The Hall–Kier alpha value is -2.49. The maximum absolute atomic E-state index is 13.8. The number of Topliss-reactive ketones (excluding diaryl/α,β-unsaturated/α-hetero) is 1. The third kappa shape index (κ3) is 4.36. The third-order valence-electron chi connectivity index (χ3n) is 12.2. The third-order valence-corrected chi connectivity index (χ3v) is 12.2. The molecule has 0 bridgehead atoms. The van der Waals surface area contributed by atoms with Gasteiger partial charge in [0.05, 0.1) is 11.6 Å². The van der Waals surface area contributed by atoms with Crippen LogP contribution in [0.15, 0.2) is 52.8 Å². The van der Waals surface area contributed by atoms with Crippen LogP contribution in [0.1, 0.15) is 112 Å². The largest absolute Gasteiger partial charge is 0.481 e. The van der Waals surface area contributed by atoms with Gasteiger partial charge < -0.3 is 5.11 Å². The molecule has 4 nitrogen and oxygen atoms in total. The highest BCUT2D eigenvalue weighted by Gasteiger charge is 2.64. The zero-order valence-corrected chi connectivity index (χ0v) is 25.8. The predicted octanol–water partition coefficient (Wildman–Crippen LogP) is 8.84. The molecule has 0 radical (unpaired) electrons. The minimum absolute atomic E-state index is 0.0138. The summed E-state index contributed by atoms with van der Waals surface area (Å²) in [6.45, 7) is 15.8. The lowest BCUT2D eigenvalue weighted by Crippen LogP contribution is -2.54. The molecule has 40 heavy (non-hydrogen) atoms. The van der Waals surface area contributed by atoms with Crippen LogP contribution in [0, 0.1) is 39.4 Å². The summed E-state index contributed by atoms with van der Waals surface area (Å²) < 4.78 is 0. The number of pyridine rings is 1. The van der Waals surface area contributed by atoms with Crippen molar-refractivity contribution in [2.75, 3.05) is 0 Å². The molecule has 1 N–H and O–H groups in total. The fourth-order valence-electron chi connectivity index (χ4n) is 10.0. The highest BCUT2D eigenvalue weighted by Crippen LogP contribution is 2.72. The SMILES string of the molecule is CC(C)=CCC[C@H](C(=O)O)[C@@H]1CC[C@]2(C)C3=C(CC[C@@]12C)[C@@]1(C)C/C(=C\c2ccccn2)C(=O)C(C)(C)[C@@H]1CC3. The number of carboxylic acid groups (broad SMARTS) is 1. The zero-order valence-electron chi connectivity index (χ0n) is 25.8. The molecule has 1 aromatic rings. The molecule has 4 aliphatic carbocycles. The van der Waals surface area contributed by atoms with E-state index < -0.39 is 11.4 Å². The summed E-state index contributed by atoms with van der Waals surface area (Å²) in [5.41, 5.74) is 5.72. The van der Waals surface area contributed by atoms with Gasteiger partial charge in [-0.2, -0.15) is 0 Å². The Labute approximate surface area is 241 Å². The van der Waals surface area contributed by atoms with Crippen molar-refractivity contribution < 1.29 is 14.7 Å². The number of hydrogen-bond acceptors (Lipinski definition) is 3. The van der Waals surface area contributed by atoms with Crippen LogP contribution in [0.4, 0.5) is 0 Å². The number of allylic oxidation sites excluding steroid dienone is 5. The minimum Gasteiger partial charge on any atom is -0.481 e. The molecule has 0 amide bonds. The highest BCUT2D eigenvalue weighted by atomic mass is 16.4. The Balaban J connectivity index is 1.53. The molecule has 2 saturated carbocycles. The van der Waals surface area contributed by atoms with E-state index in [1.807, 2.05) is 24.3 Å². The standard InChI is InChI=1S/C36H49NO3/c1-23(2)11-10-13-26(32(39)40)27-16-18-36(7)29-14-15-30-33(3,4)31(38)24(21-25-12-8-9-20-37-25)22-34(30,5)28(29)17-19-35(27,36)6/h8-9,11-12,20-21,26-27,30H,10,13-19,22H2,1-7H3,(H,39,40)/b24-21+/t26-,27-,30-,34+,35-,36+/m0/s1. The van der Waals surface area contributed by atoms with Gasteiger partial charge in [-0.1, -0.05) is 63.5 Å². The van der Waals surface area contributed by atoms with E-state index in [0.29, 0.717) is 5.92 Å². The lowest BCUT2D eigenvalue weighted by atomic mass is 9.43. The van der Waals surface area contributed by atoms with E-state index in [0.717, 1.165) is 69.1 Å². The van der Waals surface area contributed by atoms with Crippen LogP contribution < -0.4 is 0 Å². The molecule has 0 aromatic carbocycles. The van der Waals surface area contributed by atoms with Crippen molar-refractivity contribution in [2.45, 2.75) is 106 Å². The van der Waals surface area contributed by atoms with Gasteiger partial charge in [-0.15, -0.1) is 0 Å². The van der Waals surface area contributed by atoms with Crippen molar-refractivity contribution in [2.24, 2.45) is 39.4 Å². The molecule has 0 saturated heterocycles. The monoisotopic (exact) mass is 543 g/mol. The average Bonchev–Trinajstić information content (AvgIpc) is 3.16. The maximum atomic E-state index is 13.8. The molecule has 216 valence electrons. The molecule has 4 aliphatic rings. The van der Waals surface area contributed by atoms with E-state index in [1.54, 1.807) is 17.3 Å². The fourth-order valence-corrected chi connectivity index (χ4v) is 10.0. The number of carboxylic acids is 1. The predicted molar refractivity (Wildman–Crippen MR) is 161 cm³/mol. The van der Waals surface area contributed by atoms with Gasteiger partial charge >= 0.3 is 5.97 Å². The number of carbonyl (C=O) groups excluding carboxylic acids is 1. The molecule has 5 rings (SSSR count). The van der Waals surface area contributed by atoms with Gasteiger partial charge in [-0.05, 0) is 123 Å². The molecule has 1 aromatic heterocycles. The molecule has 6 atom stereocenters. The van der Waals surface area contributed by atoms with Gasteiger partial charge in [-0.25, -0.2) is 0 Å². The number of hydrogen-bond donors (Lipinski definition) is 1. The Morgan fingerprint density at radius 1 is 1.07 bits per heavy atom. The first kappa shape index (κ1) is 29.0. The van der Waals surface area contributed by atoms with Crippen molar-refractivity contribution in [1.82, 2.24) is 4.98 Å². The van der Waals surface area contributed by atoms with Crippen LogP contribution in [0.5, 0.6) is 0 Å². The van der Waals surface area contributed by atoms with E-state index in [2.05, 4.69) is 59.5 Å². The molecule has 2 fully saturated rings. The smallest absolute Gasteiger partial charge is 0.306 e. The summed E-state index contributed by atoms with van der Waals surface area (Å²) >= 11 is 0. The van der Waals surface area contributed by atoms with Gasteiger partial charge in [0.15, 0.2) is 5.78 Å². The van der Waals surface area contributed by atoms with Crippen LogP contribution in [0.3, 0.4) is 0 Å². The van der Waals surface area contributed by atoms with Crippen molar-refractivity contribution in [1.29, 1.82) is 0 Å². The second-order valence-corrected chi connectivity index (χ2v) is 14.8. The molecule has 1 heterocycles. The number of carbonyl (C=O) groups is 2. The van der Waals surface area contributed by atoms with Crippen molar-refractivity contribution in [3.63, 3.8) is 0 Å². The number of aliphatic carboxylic acids is 1. The van der Waals surface area contributed by atoms with Crippen molar-refractivity contribution in [3.05, 3.63) is 58.5 Å². The van der Waals surface area contributed by atoms with E-state index in [4.69, 9.17) is 0 Å². The minimum atomic E-state index is -0.620. The lowest BCUT2D eigenvalue weighted by molar-refractivity contribution is -0.146. The average molecular weight is 544 g/mol. The molecule has 4 heteroatoms. The van der Waals surface area contributed by atoms with Crippen molar-refractivity contribution in [3.8, 4) is 0 Å². The Morgan fingerprint density at radius 3 is 2.48 bits per heavy atom. The number of aromatic nitrogens is 1. The van der Waals surface area contributed by atoms with E-state index >= 15 is 0 Å². The summed E-state index contributed by atoms with van der Waals surface area (Å²) in [6, 6.07) is 5.87. The first-order valence-electron chi connectivity index (χ1n) is 15.5. The van der Waals surface area contributed by atoms with Gasteiger partial charge in [0, 0.05) is 11.6 Å². The first-order valence-corrected chi connectivity index (χ1v) is 15.5. The summed E-state index contributed by atoms with van der Waals surface area (Å²) in [4.78, 5) is 31.0. The lowest BCUT2D eigenvalue weighted by Gasteiger charge is -2.61. The number of nitrogens with zero attached hydrogens (tertiary/aromatic N) is 1. The normalized spacial score (nSPS) is 36.5. The van der Waals surface area contributed by atoms with Crippen LogP contribution in [-0.4, -0.2) is 21.8 Å². The number of fused-ring (bicyclic) bond motifs is 4. The Morgan fingerprint density at radius 2 is 1.82 bits per heavy atom. The van der Waals surface area contributed by atoms with E-state index in [1.165, 1.54) is 5.57 Å². The summed E-state index contributed by atoms with van der Waals surface area (Å²) in [6.07, 6.45) is 14.5. The van der Waals surface area contributed by atoms with Crippen LogP contribution >= 0.6 is 0 Å². The molecule has 0 spiro atoms. The van der Waals surface area contributed by atoms with Crippen LogP contribution in [-0.2, 0) is 9.59 Å². The summed E-state index contributed by atoms with van der Waals surface area (Å²) in [5.74, 6) is -0.129. The highest BCUT2D eigenvalue weighted by molar-refractivity contribution is 6.04. The topological polar surface area (TPSA) is 67.3 Å². The van der Waals surface area contributed by atoms with Crippen LogP contribution in [0.25, 0.3) is 6.08 Å². The second-order valence-electron chi connectivity index (χ2n) is 14.8. The van der Waals surface area contributed by atoms with Gasteiger partial charge in [0.1, 0.15) is 0 Å².